The molecule has 0 unspecified atom stereocenters. The van der Waals surface area contributed by atoms with Crippen LogP contribution < -0.4 is 10.1 Å². The van der Waals surface area contributed by atoms with Gasteiger partial charge in [-0.15, -0.1) is 0 Å². The minimum absolute atomic E-state index is 0.244. The van der Waals surface area contributed by atoms with Gasteiger partial charge in [0.05, 0.1) is 7.11 Å². The van der Waals surface area contributed by atoms with Gasteiger partial charge < -0.3 is 10.1 Å². The van der Waals surface area contributed by atoms with Gasteiger partial charge in [-0.3, -0.25) is 4.79 Å². The average Bonchev–Trinajstić information content (AvgIpc) is 2.48. The van der Waals surface area contributed by atoms with E-state index in [9.17, 15) is 4.79 Å². The molecule has 3 nitrogen and oxygen atoms in total. The average molecular weight is 261 g/mol. The van der Waals surface area contributed by atoms with Gasteiger partial charge in [0.2, 0.25) is 0 Å². The van der Waals surface area contributed by atoms with Crippen molar-refractivity contribution in [2.75, 3.05) is 20.2 Å². The number of hydrogen-bond acceptors (Lipinski definition) is 3. The van der Waals surface area contributed by atoms with Crippen LogP contribution in [0.25, 0.3) is 0 Å². The standard InChI is InChI=1S/C16H23NO2/c1-3-13-10-12(4-5-16(13)19-2)11-15(18)14-6-8-17-9-7-14/h4-5,10,14,17H,3,6-9,11H2,1-2H3. The second-order valence-corrected chi connectivity index (χ2v) is 5.17. The highest BCUT2D eigenvalue weighted by molar-refractivity contribution is 5.83. The SMILES string of the molecule is CCc1cc(CC(=O)C2CCNCC2)ccc1OC. The molecule has 1 fully saturated rings. The molecule has 0 atom stereocenters. The minimum Gasteiger partial charge on any atom is -0.496 e. The molecule has 1 heterocycles. The van der Waals surface area contributed by atoms with Crippen LogP contribution >= 0.6 is 0 Å². The topological polar surface area (TPSA) is 38.3 Å². The molecule has 0 aromatic heterocycles. The molecule has 1 saturated heterocycles. The lowest BCUT2D eigenvalue weighted by atomic mass is 9.89. The summed E-state index contributed by atoms with van der Waals surface area (Å²) >= 11 is 0. The first-order valence-corrected chi connectivity index (χ1v) is 7.13. The zero-order valence-electron chi connectivity index (χ0n) is 11.9. The highest BCUT2D eigenvalue weighted by Gasteiger charge is 2.21. The number of benzene rings is 1. The third kappa shape index (κ3) is 3.57. The van der Waals surface area contributed by atoms with Crippen molar-refractivity contribution in [3.63, 3.8) is 0 Å². The van der Waals surface area contributed by atoms with Gasteiger partial charge >= 0.3 is 0 Å². The molecule has 1 aromatic rings. The first-order chi connectivity index (χ1) is 9.24. The molecule has 104 valence electrons. The van der Waals surface area contributed by atoms with Crippen LogP contribution in [0.15, 0.2) is 18.2 Å². The van der Waals surface area contributed by atoms with Crippen LogP contribution in [0.4, 0.5) is 0 Å². The highest BCUT2D eigenvalue weighted by Crippen LogP contribution is 2.22. The molecule has 1 aromatic carbocycles. The Morgan fingerprint density at radius 3 is 2.74 bits per heavy atom. The van der Waals surface area contributed by atoms with Gasteiger partial charge in [0.15, 0.2) is 0 Å². The fourth-order valence-electron chi connectivity index (χ4n) is 2.71. The van der Waals surface area contributed by atoms with Gasteiger partial charge in [-0.2, -0.15) is 0 Å². The molecule has 0 aliphatic carbocycles. The Balaban J connectivity index is 2.03. The van der Waals surface area contributed by atoms with Crippen LogP contribution in [0.2, 0.25) is 0 Å². The van der Waals surface area contributed by atoms with Gasteiger partial charge in [-0.1, -0.05) is 19.1 Å². The quantitative estimate of drug-likeness (QED) is 0.884. The van der Waals surface area contributed by atoms with Crippen molar-refractivity contribution < 1.29 is 9.53 Å². The molecule has 2 rings (SSSR count). The Hall–Kier alpha value is -1.35. The zero-order chi connectivity index (χ0) is 13.7. The fourth-order valence-corrected chi connectivity index (χ4v) is 2.71. The highest BCUT2D eigenvalue weighted by atomic mass is 16.5. The van der Waals surface area contributed by atoms with Crippen molar-refractivity contribution in [2.24, 2.45) is 5.92 Å². The molecule has 1 N–H and O–H groups in total. The summed E-state index contributed by atoms with van der Waals surface area (Å²) in [4.78, 5) is 12.3. The number of rotatable bonds is 5. The van der Waals surface area contributed by atoms with Gasteiger partial charge in [0.25, 0.3) is 0 Å². The maximum absolute atomic E-state index is 12.3. The monoisotopic (exact) mass is 261 g/mol. The van der Waals surface area contributed by atoms with E-state index in [1.807, 2.05) is 12.1 Å². The van der Waals surface area contributed by atoms with Crippen molar-refractivity contribution in [1.29, 1.82) is 0 Å². The zero-order valence-corrected chi connectivity index (χ0v) is 11.9. The van der Waals surface area contributed by atoms with E-state index in [4.69, 9.17) is 4.74 Å². The van der Waals surface area contributed by atoms with E-state index in [-0.39, 0.29) is 5.92 Å². The predicted molar refractivity (Wildman–Crippen MR) is 76.7 cm³/mol. The van der Waals surface area contributed by atoms with Crippen LogP contribution in [-0.2, 0) is 17.6 Å². The summed E-state index contributed by atoms with van der Waals surface area (Å²) in [6.07, 6.45) is 3.45. The molecule has 0 radical (unpaired) electrons. The molecule has 0 amide bonds. The number of hydrogen-bond donors (Lipinski definition) is 1. The second kappa shape index (κ2) is 6.71. The smallest absolute Gasteiger partial charge is 0.140 e. The van der Waals surface area contributed by atoms with E-state index in [0.29, 0.717) is 12.2 Å². The number of methoxy groups -OCH3 is 1. The lowest BCUT2D eigenvalue weighted by molar-refractivity contribution is -0.122. The summed E-state index contributed by atoms with van der Waals surface area (Å²) in [5.74, 6) is 1.54. The molecule has 0 saturated carbocycles. The number of ether oxygens (including phenoxy) is 1. The van der Waals surface area contributed by atoms with E-state index in [2.05, 4.69) is 18.3 Å². The number of Topliss-reactive ketones (excluding diaryl/α,β-unsaturated/α-hetero) is 1. The summed E-state index contributed by atoms with van der Waals surface area (Å²) < 4.78 is 5.32. The number of carbonyl (C=O) groups is 1. The Bertz CT molecular complexity index is 436. The molecule has 0 bridgehead atoms. The van der Waals surface area contributed by atoms with Crippen LogP contribution in [0.5, 0.6) is 5.75 Å². The first-order valence-electron chi connectivity index (χ1n) is 7.13. The van der Waals surface area contributed by atoms with Crippen LogP contribution in [-0.4, -0.2) is 26.0 Å². The summed E-state index contributed by atoms with van der Waals surface area (Å²) in [6, 6.07) is 6.10. The summed E-state index contributed by atoms with van der Waals surface area (Å²) in [5, 5.41) is 3.30. The Morgan fingerprint density at radius 1 is 1.37 bits per heavy atom. The maximum Gasteiger partial charge on any atom is 0.140 e. The van der Waals surface area contributed by atoms with Gasteiger partial charge in [0.1, 0.15) is 11.5 Å². The number of piperidine rings is 1. The third-order valence-corrected chi connectivity index (χ3v) is 3.90. The van der Waals surface area contributed by atoms with Crippen molar-refractivity contribution in [3.8, 4) is 5.75 Å². The Kier molecular flexibility index (Phi) is 4.97. The van der Waals surface area contributed by atoms with Gasteiger partial charge in [-0.05, 0) is 49.5 Å². The van der Waals surface area contributed by atoms with E-state index in [0.717, 1.165) is 43.7 Å². The van der Waals surface area contributed by atoms with E-state index in [1.165, 1.54) is 5.56 Å². The summed E-state index contributed by atoms with van der Waals surface area (Å²) in [7, 11) is 1.69. The van der Waals surface area contributed by atoms with Crippen molar-refractivity contribution in [2.45, 2.75) is 32.6 Å². The van der Waals surface area contributed by atoms with Crippen molar-refractivity contribution in [3.05, 3.63) is 29.3 Å². The lowest BCUT2D eigenvalue weighted by Crippen LogP contribution is -2.32. The second-order valence-electron chi connectivity index (χ2n) is 5.17. The third-order valence-electron chi connectivity index (χ3n) is 3.90. The van der Waals surface area contributed by atoms with Gasteiger partial charge in [0, 0.05) is 12.3 Å². The molecule has 0 spiro atoms. The van der Waals surface area contributed by atoms with Gasteiger partial charge in [-0.25, -0.2) is 0 Å². The number of nitrogens with one attached hydrogen (secondary N) is 1. The maximum atomic E-state index is 12.3. The van der Waals surface area contributed by atoms with E-state index in [1.54, 1.807) is 7.11 Å². The normalized spacial score (nSPS) is 16.3. The predicted octanol–water partition coefficient (Wildman–Crippen LogP) is 2.37. The summed E-state index contributed by atoms with van der Waals surface area (Å²) in [6.45, 7) is 4.05. The molecular formula is C16H23NO2. The van der Waals surface area contributed by atoms with Crippen LogP contribution in [0, 0.1) is 5.92 Å². The first kappa shape index (κ1) is 14.1. The molecule has 1 aliphatic heterocycles. The van der Waals surface area contributed by atoms with E-state index < -0.39 is 0 Å². The molecule has 1 aliphatic rings. The van der Waals surface area contributed by atoms with E-state index >= 15 is 0 Å². The fraction of sp³-hybridized carbons (Fsp3) is 0.562. The van der Waals surface area contributed by atoms with Crippen molar-refractivity contribution in [1.82, 2.24) is 5.32 Å². The minimum atomic E-state index is 0.244. The summed E-state index contributed by atoms with van der Waals surface area (Å²) in [5.41, 5.74) is 2.29. The number of ketones is 1. The molecule has 19 heavy (non-hydrogen) atoms. The van der Waals surface area contributed by atoms with Crippen molar-refractivity contribution >= 4 is 5.78 Å². The van der Waals surface area contributed by atoms with Crippen LogP contribution in [0.1, 0.15) is 30.9 Å². The lowest BCUT2D eigenvalue weighted by Gasteiger charge is -2.21. The number of aryl methyl sites for hydroxylation is 1. The Morgan fingerprint density at radius 2 is 2.11 bits per heavy atom. The Labute approximate surface area is 115 Å². The number of carbonyl (C=O) groups excluding carboxylic acids is 1. The molecular weight excluding hydrogens is 238 g/mol. The van der Waals surface area contributed by atoms with Crippen LogP contribution in [0.3, 0.4) is 0 Å². The largest absolute Gasteiger partial charge is 0.496 e. The molecule has 3 heteroatoms.